The van der Waals surface area contributed by atoms with Gasteiger partial charge >= 0.3 is 0 Å². The molecule has 10 heteroatoms. The van der Waals surface area contributed by atoms with Crippen LogP contribution in [0.2, 0.25) is 0 Å². The third-order valence-corrected chi connectivity index (χ3v) is 8.27. The van der Waals surface area contributed by atoms with Crippen LogP contribution in [-0.2, 0) is 4.79 Å². The van der Waals surface area contributed by atoms with Crippen LogP contribution in [-0.4, -0.2) is 64.7 Å². The number of aryl methyl sites for hydroxylation is 3. The maximum absolute atomic E-state index is 13.1. The zero-order valence-corrected chi connectivity index (χ0v) is 24.7. The zero-order valence-electron chi connectivity index (χ0n) is 24.7. The van der Waals surface area contributed by atoms with Gasteiger partial charge in [-0.2, -0.15) is 0 Å². The van der Waals surface area contributed by atoms with Crippen LogP contribution < -0.4 is 15.4 Å². The van der Waals surface area contributed by atoms with Crippen molar-refractivity contribution in [3.05, 3.63) is 65.3 Å². The molecule has 0 bridgehead atoms. The second kappa shape index (κ2) is 11.4. The van der Waals surface area contributed by atoms with Crippen LogP contribution in [0.15, 0.2) is 47.0 Å². The predicted octanol–water partition coefficient (Wildman–Crippen LogP) is 5.31. The highest BCUT2D eigenvalue weighted by Gasteiger charge is 2.25. The van der Waals surface area contributed by atoms with Crippen molar-refractivity contribution in [1.29, 1.82) is 0 Å². The number of ether oxygens (including phenoxy) is 1. The molecule has 3 N–H and O–H groups in total. The lowest BCUT2D eigenvalue weighted by Crippen LogP contribution is -2.41. The molecule has 1 atom stereocenters. The fraction of sp³-hybridized carbons (Fsp3) is 0.375. The first-order valence-corrected chi connectivity index (χ1v) is 14.4. The number of nitrogens with one attached hydrogen (secondary N) is 3. The lowest BCUT2D eigenvalue weighted by atomic mass is 9.96. The summed E-state index contributed by atoms with van der Waals surface area (Å²) in [6, 6.07) is 14.0. The third kappa shape index (κ3) is 5.30. The summed E-state index contributed by atoms with van der Waals surface area (Å²) in [5.74, 6) is 2.91. The van der Waals surface area contributed by atoms with Gasteiger partial charge < -0.3 is 29.8 Å². The van der Waals surface area contributed by atoms with E-state index < -0.39 is 0 Å². The molecule has 10 nitrogen and oxygen atoms in total. The molecule has 3 aromatic heterocycles. The molecule has 1 amide bonds. The van der Waals surface area contributed by atoms with Crippen molar-refractivity contribution in [1.82, 2.24) is 30.3 Å². The first kappa shape index (κ1) is 27.7. The Kier molecular flexibility index (Phi) is 7.55. The topological polar surface area (TPSA) is 121 Å². The number of benzene rings is 2. The van der Waals surface area contributed by atoms with E-state index in [1.807, 2.05) is 45.0 Å². The van der Waals surface area contributed by atoms with E-state index in [2.05, 4.69) is 50.9 Å². The highest BCUT2D eigenvalue weighted by Crippen LogP contribution is 2.41. The van der Waals surface area contributed by atoms with E-state index in [0.717, 1.165) is 76.0 Å². The summed E-state index contributed by atoms with van der Waals surface area (Å²) in [5, 5.41) is 12.8. The quantitative estimate of drug-likeness (QED) is 0.231. The zero-order chi connectivity index (χ0) is 29.4. The monoisotopic (exact) mass is 567 g/mol. The Balaban J connectivity index is 1.38. The Morgan fingerprint density at radius 3 is 2.60 bits per heavy atom. The molecule has 0 spiro atoms. The highest BCUT2D eigenvalue weighted by atomic mass is 16.5. The summed E-state index contributed by atoms with van der Waals surface area (Å²) in [6.45, 7) is 8.02. The number of likely N-dealkylation sites (tertiary alicyclic amines) is 1. The van der Waals surface area contributed by atoms with Crippen molar-refractivity contribution in [3.8, 4) is 16.9 Å². The number of amides is 1. The van der Waals surface area contributed by atoms with E-state index in [4.69, 9.17) is 19.2 Å². The third-order valence-electron chi connectivity index (χ3n) is 8.27. The fourth-order valence-electron chi connectivity index (χ4n) is 5.99. The standard InChI is InChI=1S/C32H37N7O3/c1-18-28(19(2)42-38-18)24-15-25-23(16-27(24)41-5)29-30(36-25)34-20(3)35-31(29)37-26(21-9-7-6-8-10-21)17-33-32(40)22-11-13-39(4)14-12-22/h6-10,15-16,22,26H,11-14,17H2,1-5H3,(H,33,40)(H2,34,35,36,37). The number of carbonyl (C=O) groups excluding carboxylic acids is 1. The summed E-state index contributed by atoms with van der Waals surface area (Å²) in [5.41, 5.74) is 5.29. The van der Waals surface area contributed by atoms with Gasteiger partial charge in [0.1, 0.15) is 28.8 Å². The molecule has 0 radical (unpaired) electrons. The fourth-order valence-corrected chi connectivity index (χ4v) is 5.99. The van der Waals surface area contributed by atoms with Crippen molar-refractivity contribution < 1.29 is 14.1 Å². The molecule has 4 heterocycles. The molecule has 1 fully saturated rings. The molecule has 218 valence electrons. The molecule has 0 saturated carbocycles. The minimum absolute atomic E-state index is 0.0404. The van der Waals surface area contributed by atoms with E-state index in [-0.39, 0.29) is 17.9 Å². The number of nitrogens with zero attached hydrogens (tertiary/aromatic N) is 4. The van der Waals surface area contributed by atoms with E-state index in [1.54, 1.807) is 7.11 Å². The molecular weight excluding hydrogens is 530 g/mol. The lowest BCUT2D eigenvalue weighted by Gasteiger charge is -2.29. The summed E-state index contributed by atoms with van der Waals surface area (Å²) in [7, 11) is 3.77. The number of methoxy groups -OCH3 is 1. The van der Waals surface area contributed by atoms with Gasteiger partial charge in [-0.25, -0.2) is 9.97 Å². The molecule has 1 aliphatic rings. The highest BCUT2D eigenvalue weighted by molar-refractivity contribution is 6.12. The molecule has 42 heavy (non-hydrogen) atoms. The van der Waals surface area contributed by atoms with Gasteiger partial charge in [0.25, 0.3) is 0 Å². The largest absolute Gasteiger partial charge is 0.496 e. The number of anilines is 1. The normalized spacial score (nSPS) is 15.3. The molecule has 1 aliphatic heterocycles. The number of H-pyrrole nitrogens is 1. The van der Waals surface area contributed by atoms with Gasteiger partial charge in [-0.05, 0) is 71.4 Å². The number of piperidine rings is 1. The molecule has 1 saturated heterocycles. The number of hydrogen-bond donors (Lipinski definition) is 3. The SMILES string of the molecule is COc1cc2c(cc1-c1c(C)noc1C)[nH]c1nc(C)nc(NC(CNC(=O)C3CCN(C)CC3)c3ccccc3)c12. The van der Waals surface area contributed by atoms with Crippen LogP contribution in [0.1, 0.15) is 41.7 Å². The Morgan fingerprint density at radius 1 is 1.14 bits per heavy atom. The van der Waals surface area contributed by atoms with Crippen LogP contribution in [0.5, 0.6) is 5.75 Å². The molecular formula is C32H37N7O3. The van der Waals surface area contributed by atoms with Gasteiger partial charge in [0.15, 0.2) is 0 Å². The number of carbonyl (C=O) groups is 1. The van der Waals surface area contributed by atoms with Gasteiger partial charge in [0, 0.05) is 28.9 Å². The predicted molar refractivity (Wildman–Crippen MR) is 164 cm³/mol. The van der Waals surface area contributed by atoms with Crippen LogP contribution >= 0.6 is 0 Å². The Morgan fingerprint density at radius 2 is 1.90 bits per heavy atom. The van der Waals surface area contributed by atoms with Crippen molar-refractivity contribution in [2.45, 2.75) is 39.7 Å². The summed E-state index contributed by atoms with van der Waals surface area (Å²) in [4.78, 5) is 28.5. The average Bonchev–Trinajstić information content (AvgIpc) is 3.52. The molecule has 5 aromatic rings. The van der Waals surface area contributed by atoms with E-state index in [9.17, 15) is 4.79 Å². The van der Waals surface area contributed by atoms with Gasteiger partial charge in [-0.1, -0.05) is 35.5 Å². The smallest absolute Gasteiger partial charge is 0.223 e. The van der Waals surface area contributed by atoms with Crippen molar-refractivity contribution in [3.63, 3.8) is 0 Å². The minimum atomic E-state index is -0.202. The molecule has 6 rings (SSSR count). The van der Waals surface area contributed by atoms with E-state index in [0.29, 0.717) is 23.9 Å². The maximum Gasteiger partial charge on any atom is 0.223 e. The summed E-state index contributed by atoms with van der Waals surface area (Å²) >= 11 is 0. The second-order valence-electron chi connectivity index (χ2n) is 11.2. The minimum Gasteiger partial charge on any atom is -0.496 e. The number of fused-ring (bicyclic) bond motifs is 3. The van der Waals surface area contributed by atoms with Gasteiger partial charge in [0.2, 0.25) is 5.91 Å². The Bertz CT molecular complexity index is 1720. The van der Waals surface area contributed by atoms with Gasteiger partial charge in [-0.15, -0.1) is 0 Å². The maximum atomic E-state index is 13.1. The lowest BCUT2D eigenvalue weighted by molar-refractivity contribution is -0.126. The Labute approximate surface area is 244 Å². The second-order valence-corrected chi connectivity index (χ2v) is 11.2. The van der Waals surface area contributed by atoms with Gasteiger partial charge in [0.05, 0.1) is 29.8 Å². The summed E-state index contributed by atoms with van der Waals surface area (Å²) in [6.07, 6.45) is 1.76. The van der Waals surface area contributed by atoms with Gasteiger partial charge in [-0.3, -0.25) is 4.79 Å². The van der Waals surface area contributed by atoms with Crippen molar-refractivity contribution >= 4 is 33.7 Å². The Hall–Kier alpha value is -4.44. The number of aromatic amines is 1. The van der Waals surface area contributed by atoms with Crippen LogP contribution in [0, 0.1) is 26.7 Å². The van der Waals surface area contributed by atoms with Crippen LogP contribution in [0.25, 0.3) is 33.1 Å². The van der Waals surface area contributed by atoms with Crippen LogP contribution in [0.3, 0.4) is 0 Å². The van der Waals surface area contributed by atoms with E-state index >= 15 is 0 Å². The van der Waals surface area contributed by atoms with Crippen molar-refractivity contribution in [2.75, 3.05) is 39.1 Å². The first-order valence-electron chi connectivity index (χ1n) is 14.4. The summed E-state index contributed by atoms with van der Waals surface area (Å²) < 4.78 is 11.3. The molecule has 2 aromatic carbocycles. The van der Waals surface area contributed by atoms with E-state index in [1.165, 1.54) is 0 Å². The molecule has 0 aliphatic carbocycles. The number of hydrogen-bond acceptors (Lipinski definition) is 8. The first-order chi connectivity index (χ1) is 20.3. The number of aromatic nitrogens is 4. The average molecular weight is 568 g/mol. The van der Waals surface area contributed by atoms with Crippen molar-refractivity contribution in [2.24, 2.45) is 5.92 Å². The van der Waals surface area contributed by atoms with Crippen LogP contribution in [0.4, 0.5) is 5.82 Å². The number of rotatable bonds is 8. The molecule has 1 unspecified atom stereocenters.